The number of anilines is 1. The summed E-state index contributed by atoms with van der Waals surface area (Å²) < 4.78 is 14.7. The van der Waals surface area contributed by atoms with Crippen LogP contribution >= 0.6 is 27.3 Å². The van der Waals surface area contributed by atoms with Gasteiger partial charge in [0.1, 0.15) is 5.82 Å². The number of hydrogen-bond acceptors (Lipinski definition) is 3. The van der Waals surface area contributed by atoms with Crippen LogP contribution < -0.4 is 5.32 Å². The molecule has 0 aliphatic carbocycles. The molecule has 0 radical (unpaired) electrons. The Morgan fingerprint density at radius 2 is 2.05 bits per heavy atom. The molecular weight excluding hydrogens is 343 g/mol. The number of carbonyl (C=O) groups excluding carboxylic acids is 1. The van der Waals surface area contributed by atoms with Gasteiger partial charge in [-0.1, -0.05) is 23.5 Å². The molecule has 3 aromatic rings. The first-order valence-electron chi connectivity index (χ1n) is 5.75. The van der Waals surface area contributed by atoms with Crippen LogP contribution in [0.1, 0.15) is 10.4 Å². The minimum absolute atomic E-state index is 0.240. The molecule has 0 saturated heterocycles. The van der Waals surface area contributed by atoms with E-state index in [1.54, 1.807) is 0 Å². The predicted molar refractivity (Wildman–Crippen MR) is 81.7 cm³/mol. The Morgan fingerprint density at radius 1 is 1.25 bits per heavy atom. The highest BCUT2D eigenvalue weighted by Crippen LogP contribution is 2.26. The molecule has 0 aliphatic rings. The number of amides is 1. The first-order chi connectivity index (χ1) is 9.63. The van der Waals surface area contributed by atoms with Gasteiger partial charge in [0.2, 0.25) is 0 Å². The second kappa shape index (κ2) is 5.30. The van der Waals surface area contributed by atoms with Crippen molar-refractivity contribution in [2.24, 2.45) is 0 Å². The van der Waals surface area contributed by atoms with Gasteiger partial charge in [0, 0.05) is 4.47 Å². The number of benzene rings is 2. The molecule has 3 nitrogen and oxygen atoms in total. The van der Waals surface area contributed by atoms with Crippen LogP contribution in [0.3, 0.4) is 0 Å². The monoisotopic (exact) mass is 350 g/mol. The topological polar surface area (TPSA) is 42.0 Å². The summed E-state index contributed by atoms with van der Waals surface area (Å²) in [6.45, 7) is 0. The number of halogens is 2. The summed E-state index contributed by atoms with van der Waals surface area (Å²) >= 11 is 4.61. The van der Waals surface area contributed by atoms with Gasteiger partial charge in [-0.2, -0.15) is 0 Å². The van der Waals surface area contributed by atoms with Crippen molar-refractivity contribution in [2.45, 2.75) is 0 Å². The SMILES string of the molecule is O=C(Nc1nc2ccccc2s1)c1cc(F)ccc1Br. The Balaban J connectivity index is 1.90. The van der Waals surface area contributed by atoms with Gasteiger partial charge in [-0.3, -0.25) is 10.1 Å². The molecular formula is C14H8BrFN2OS. The van der Waals surface area contributed by atoms with Gasteiger partial charge in [-0.05, 0) is 46.3 Å². The zero-order valence-electron chi connectivity index (χ0n) is 10.1. The van der Waals surface area contributed by atoms with Crippen LogP contribution in [0.2, 0.25) is 0 Å². The summed E-state index contributed by atoms with van der Waals surface area (Å²) in [4.78, 5) is 16.4. The van der Waals surface area contributed by atoms with Crippen molar-refractivity contribution in [3.63, 3.8) is 0 Å². The van der Waals surface area contributed by atoms with E-state index in [0.717, 1.165) is 10.2 Å². The number of nitrogens with one attached hydrogen (secondary N) is 1. The van der Waals surface area contributed by atoms with E-state index < -0.39 is 11.7 Å². The summed E-state index contributed by atoms with van der Waals surface area (Å²) in [6, 6.07) is 11.6. The van der Waals surface area contributed by atoms with Crippen LogP contribution in [0.25, 0.3) is 10.2 Å². The molecule has 0 aliphatic heterocycles. The van der Waals surface area contributed by atoms with Crippen LogP contribution in [0.15, 0.2) is 46.9 Å². The van der Waals surface area contributed by atoms with Crippen molar-refractivity contribution in [3.05, 3.63) is 58.3 Å². The van der Waals surface area contributed by atoms with Crippen molar-refractivity contribution >= 4 is 48.5 Å². The number of para-hydroxylation sites is 1. The van der Waals surface area contributed by atoms with Crippen molar-refractivity contribution in [3.8, 4) is 0 Å². The van der Waals surface area contributed by atoms with Crippen molar-refractivity contribution in [1.82, 2.24) is 4.98 Å². The quantitative estimate of drug-likeness (QED) is 0.741. The third-order valence-electron chi connectivity index (χ3n) is 2.69. The van der Waals surface area contributed by atoms with Crippen LogP contribution in [-0.4, -0.2) is 10.9 Å². The highest BCUT2D eigenvalue weighted by molar-refractivity contribution is 9.10. The molecule has 20 heavy (non-hydrogen) atoms. The van der Waals surface area contributed by atoms with Gasteiger partial charge in [-0.25, -0.2) is 9.37 Å². The molecule has 100 valence electrons. The fourth-order valence-corrected chi connectivity index (χ4v) is 3.05. The molecule has 1 aromatic heterocycles. The first kappa shape index (κ1) is 13.2. The lowest BCUT2D eigenvalue weighted by Gasteiger charge is -2.04. The minimum atomic E-state index is -0.456. The minimum Gasteiger partial charge on any atom is -0.298 e. The molecule has 2 aromatic carbocycles. The van der Waals surface area contributed by atoms with E-state index in [2.05, 4.69) is 26.2 Å². The maximum atomic E-state index is 13.2. The number of aromatic nitrogens is 1. The molecule has 0 saturated carbocycles. The van der Waals surface area contributed by atoms with Gasteiger partial charge >= 0.3 is 0 Å². The Morgan fingerprint density at radius 3 is 2.85 bits per heavy atom. The van der Waals surface area contributed by atoms with Crippen LogP contribution in [0.5, 0.6) is 0 Å². The second-order valence-corrected chi connectivity index (χ2v) is 5.95. The van der Waals surface area contributed by atoms with Crippen molar-refractivity contribution in [2.75, 3.05) is 5.32 Å². The summed E-state index contributed by atoms with van der Waals surface area (Å²) in [5, 5.41) is 3.18. The smallest absolute Gasteiger partial charge is 0.258 e. The van der Waals surface area contributed by atoms with Gasteiger partial charge < -0.3 is 0 Å². The van der Waals surface area contributed by atoms with Crippen LogP contribution in [0, 0.1) is 5.82 Å². The molecule has 0 unspecified atom stereocenters. The van der Waals surface area contributed by atoms with Crippen molar-refractivity contribution < 1.29 is 9.18 Å². The number of hydrogen-bond donors (Lipinski definition) is 1. The van der Waals surface area contributed by atoms with E-state index in [1.165, 1.54) is 29.5 Å². The Bertz CT molecular complexity index is 770. The normalized spacial score (nSPS) is 10.7. The lowest BCUT2D eigenvalue weighted by molar-refractivity contribution is 0.102. The van der Waals surface area contributed by atoms with E-state index in [-0.39, 0.29) is 5.56 Å². The number of rotatable bonds is 2. The third kappa shape index (κ3) is 2.57. The largest absolute Gasteiger partial charge is 0.298 e. The highest BCUT2D eigenvalue weighted by Gasteiger charge is 2.13. The van der Waals surface area contributed by atoms with Gasteiger partial charge in [-0.15, -0.1) is 0 Å². The van der Waals surface area contributed by atoms with Crippen molar-refractivity contribution in [1.29, 1.82) is 0 Å². The average Bonchev–Trinajstić information content (AvgIpc) is 2.83. The zero-order chi connectivity index (χ0) is 14.1. The molecule has 0 spiro atoms. The van der Waals surface area contributed by atoms with E-state index in [1.807, 2.05) is 24.3 Å². The second-order valence-electron chi connectivity index (χ2n) is 4.07. The molecule has 0 bridgehead atoms. The lowest BCUT2D eigenvalue weighted by Crippen LogP contribution is -2.12. The van der Waals surface area contributed by atoms with Gasteiger partial charge in [0.05, 0.1) is 15.8 Å². The van der Waals surface area contributed by atoms with E-state index in [9.17, 15) is 9.18 Å². The third-order valence-corrected chi connectivity index (χ3v) is 4.33. The Kier molecular flexibility index (Phi) is 3.50. The van der Waals surface area contributed by atoms with E-state index in [4.69, 9.17) is 0 Å². The van der Waals surface area contributed by atoms with Crippen LogP contribution in [-0.2, 0) is 0 Å². The number of nitrogens with zero attached hydrogens (tertiary/aromatic N) is 1. The maximum Gasteiger partial charge on any atom is 0.258 e. The molecule has 3 rings (SSSR count). The fraction of sp³-hybridized carbons (Fsp3) is 0. The van der Waals surface area contributed by atoms with E-state index in [0.29, 0.717) is 9.60 Å². The molecule has 0 atom stereocenters. The molecule has 1 heterocycles. The van der Waals surface area contributed by atoms with Crippen LogP contribution in [0.4, 0.5) is 9.52 Å². The number of fused-ring (bicyclic) bond motifs is 1. The molecule has 6 heteroatoms. The summed E-state index contributed by atoms with van der Waals surface area (Å²) in [5.41, 5.74) is 1.07. The van der Waals surface area contributed by atoms with E-state index >= 15 is 0 Å². The molecule has 1 amide bonds. The summed E-state index contributed by atoms with van der Waals surface area (Å²) in [5.74, 6) is -0.849. The summed E-state index contributed by atoms with van der Waals surface area (Å²) in [6.07, 6.45) is 0. The first-order valence-corrected chi connectivity index (χ1v) is 7.36. The molecule has 0 fully saturated rings. The zero-order valence-corrected chi connectivity index (χ0v) is 12.5. The lowest BCUT2D eigenvalue weighted by atomic mass is 10.2. The number of carbonyl (C=O) groups is 1. The predicted octanol–water partition coefficient (Wildman–Crippen LogP) is 4.45. The average molecular weight is 351 g/mol. The highest BCUT2D eigenvalue weighted by atomic mass is 79.9. The summed E-state index contributed by atoms with van der Waals surface area (Å²) in [7, 11) is 0. The standard InChI is InChI=1S/C14H8BrFN2OS/c15-10-6-5-8(16)7-9(10)13(19)18-14-17-11-3-1-2-4-12(11)20-14/h1-7H,(H,17,18,19). The number of thiazole rings is 1. The van der Waals surface area contributed by atoms with Gasteiger partial charge in [0.15, 0.2) is 5.13 Å². The Labute approximate surface area is 126 Å². The molecule has 1 N–H and O–H groups in total. The fourth-order valence-electron chi connectivity index (χ4n) is 1.76. The Hall–Kier alpha value is -1.79. The maximum absolute atomic E-state index is 13.2. The van der Waals surface area contributed by atoms with Gasteiger partial charge in [0.25, 0.3) is 5.91 Å².